The second kappa shape index (κ2) is 11.0. The fraction of sp³-hybridized carbons (Fsp3) is 0.143. The molecule has 0 saturated heterocycles. The van der Waals surface area contributed by atoms with Crippen molar-refractivity contribution in [2.75, 3.05) is 4.90 Å². The van der Waals surface area contributed by atoms with Gasteiger partial charge in [-0.25, -0.2) is 4.98 Å². The van der Waals surface area contributed by atoms with Crippen molar-refractivity contribution in [1.29, 1.82) is 0 Å². The van der Waals surface area contributed by atoms with Crippen LogP contribution in [0.4, 0.5) is 17.1 Å². The Labute approximate surface area is 265 Å². The molecule has 3 nitrogen and oxygen atoms in total. The van der Waals surface area contributed by atoms with Gasteiger partial charge in [0, 0.05) is 34.4 Å². The Kier molecular flexibility index (Phi) is 6.68. The van der Waals surface area contributed by atoms with Crippen LogP contribution in [0.15, 0.2) is 146 Å². The summed E-state index contributed by atoms with van der Waals surface area (Å²) >= 11 is 0. The smallest absolute Gasteiger partial charge is 0.0716 e. The second-order valence-corrected chi connectivity index (χ2v) is 12.7. The molecule has 8 rings (SSSR count). The summed E-state index contributed by atoms with van der Waals surface area (Å²) in [4.78, 5) is 12.0. The number of rotatable bonds is 5. The lowest BCUT2D eigenvalue weighted by Gasteiger charge is -2.42. The highest BCUT2D eigenvalue weighted by molar-refractivity contribution is 5.97. The third-order valence-electron chi connectivity index (χ3n) is 9.47. The van der Waals surface area contributed by atoms with Gasteiger partial charge in [-0.3, -0.25) is 4.98 Å². The van der Waals surface area contributed by atoms with Gasteiger partial charge in [0.2, 0.25) is 0 Å². The highest BCUT2D eigenvalue weighted by Crippen LogP contribution is 2.51. The van der Waals surface area contributed by atoms with Crippen LogP contribution in [-0.4, -0.2) is 9.97 Å². The Hall–Kier alpha value is -5.28. The molecule has 0 radical (unpaired) electrons. The van der Waals surface area contributed by atoms with Crippen LogP contribution in [0.25, 0.3) is 33.3 Å². The Balaban J connectivity index is 1.26. The highest BCUT2D eigenvalue weighted by Gasteiger charge is 2.36. The van der Waals surface area contributed by atoms with E-state index in [4.69, 9.17) is 4.98 Å². The van der Waals surface area contributed by atoms with Crippen molar-refractivity contribution < 1.29 is 0 Å². The molecule has 218 valence electrons. The first-order chi connectivity index (χ1) is 22.1. The normalized spacial score (nSPS) is 16.4. The topological polar surface area (TPSA) is 29.0 Å². The van der Waals surface area contributed by atoms with E-state index in [1.54, 1.807) is 0 Å². The number of nitrogens with zero attached hydrogens (tertiary/aromatic N) is 3. The molecule has 0 bridgehead atoms. The number of aromatic nitrogens is 2. The molecule has 1 aliphatic carbocycles. The molecular formula is C42H35N3. The molecule has 0 saturated carbocycles. The lowest BCUT2D eigenvalue weighted by atomic mass is 9.73. The number of hydrogen-bond donors (Lipinski definition) is 0. The average molecular weight is 582 g/mol. The largest absolute Gasteiger partial charge is 0.310 e. The third kappa shape index (κ3) is 4.85. The van der Waals surface area contributed by atoms with E-state index >= 15 is 0 Å². The first-order valence-corrected chi connectivity index (χ1v) is 15.8. The Morgan fingerprint density at radius 3 is 2.22 bits per heavy atom. The summed E-state index contributed by atoms with van der Waals surface area (Å²) in [5.41, 5.74) is 12.8. The lowest BCUT2D eigenvalue weighted by molar-refractivity contribution is 0.632. The maximum Gasteiger partial charge on any atom is 0.0716 e. The van der Waals surface area contributed by atoms with Crippen molar-refractivity contribution in [2.24, 2.45) is 5.92 Å². The Morgan fingerprint density at radius 2 is 1.49 bits per heavy atom. The van der Waals surface area contributed by atoms with Crippen LogP contribution in [0.2, 0.25) is 0 Å². The molecule has 2 aromatic heterocycles. The Morgan fingerprint density at radius 1 is 0.733 bits per heavy atom. The summed E-state index contributed by atoms with van der Waals surface area (Å²) in [6.45, 7) is 4.65. The number of anilines is 3. The zero-order valence-corrected chi connectivity index (χ0v) is 25.7. The summed E-state index contributed by atoms with van der Waals surface area (Å²) in [6, 6.07) is 39.7. The quantitative estimate of drug-likeness (QED) is 0.203. The number of pyridine rings is 2. The van der Waals surface area contributed by atoms with Crippen LogP contribution >= 0.6 is 0 Å². The molecule has 3 heterocycles. The Bertz CT molecular complexity index is 2060. The van der Waals surface area contributed by atoms with E-state index in [2.05, 4.69) is 157 Å². The predicted octanol–water partition coefficient (Wildman–Crippen LogP) is 10.7. The molecule has 1 unspecified atom stereocenters. The first kappa shape index (κ1) is 27.3. The van der Waals surface area contributed by atoms with Crippen molar-refractivity contribution in [3.05, 3.63) is 163 Å². The van der Waals surface area contributed by atoms with E-state index in [0.717, 1.165) is 40.9 Å². The van der Waals surface area contributed by atoms with Gasteiger partial charge in [0.05, 0.1) is 22.6 Å². The van der Waals surface area contributed by atoms with Crippen molar-refractivity contribution in [3.8, 4) is 22.4 Å². The van der Waals surface area contributed by atoms with Gasteiger partial charge in [-0.15, -0.1) is 0 Å². The van der Waals surface area contributed by atoms with Crippen LogP contribution in [-0.2, 0) is 11.8 Å². The van der Waals surface area contributed by atoms with Crippen molar-refractivity contribution in [3.63, 3.8) is 0 Å². The SMILES string of the molecule is CC1(C)c2ccccc2N(c2cccc(-c3cc(-c4ccncc4)c4cc(CC5C=CC=CC5)ccc4n3)c2)c2ccccc21. The predicted molar refractivity (Wildman–Crippen MR) is 187 cm³/mol. The van der Waals surface area contributed by atoms with Gasteiger partial charge >= 0.3 is 0 Å². The van der Waals surface area contributed by atoms with Gasteiger partial charge in [-0.05, 0) is 101 Å². The van der Waals surface area contributed by atoms with E-state index < -0.39 is 0 Å². The van der Waals surface area contributed by atoms with Gasteiger partial charge in [-0.1, -0.05) is 92.7 Å². The van der Waals surface area contributed by atoms with Crippen LogP contribution in [0.1, 0.15) is 37.0 Å². The average Bonchev–Trinajstić information content (AvgIpc) is 3.09. The summed E-state index contributed by atoms with van der Waals surface area (Å²) in [6.07, 6.45) is 14.7. The number of allylic oxidation sites excluding steroid dienone is 4. The zero-order chi connectivity index (χ0) is 30.4. The second-order valence-electron chi connectivity index (χ2n) is 12.7. The van der Waals surface area contributed by atoms with E-state index in [1.807, 2.05) is 12.4 Å². The molecule has 0 fully saturated rings. The summed E-state index contributed by atoms with van der Waals surface area (Å²) in [5.74, 6) is 0.530. The van der Waals surface area contributed by atoms with Crippen LogP contribution in [0, 0.1) is 5.92 Å². The van der Waals surface area contributed by atoms with Gasteiger partial charge < -0.3 is 4.90 Å². The van der Waals surface area contributed by atoms with Crippen LogP contribution in [0.5, 0.6) is 0 Å². The number of para-hydroxylation sites is 2. The van der Waals surface area contributed by atoms with E-state index in [9.17, 15) is 0 Å². The third-order valence-corrected chi connectivity index (χ3v) is 9.47. The molecule has 0 spiro atoms. The fourth-order valence-corrected chi connectivity index (χ4v) is 7.16. The molecule has 45 heavy (non-hydrogen) atoms. The molecule has 4 aromatic carbocycles. The van der Waals surface area contributed by atoms with Crippen LogP contribution in [0.3, 0.4) is 0 Å². The molecule has 0 N–H and O–H groups in total. The van der Waals surface area contributed by atoms with E-state index in [-0.39, 0.29) is 5.41 Å². The van der Waals surface area contributed by atoms with Gasteiger partial charge in [0.1, 0.15) is 0 Å². The minimum atomic E-state index is -0.0938. The maximum atomic E-state index is 5.26. The number of benzene rings is 4. The van der Waals surface area contributed by atoms with E-state index in [0.29, 0.717) is 5.92 Å². The molecule has 3 heteroatoms. The zero-order valence-electron chi connectivity index (χ0n) is 25.7. The van der Waals surface area contributed by atoms with Crippen molar-refractivity contribution in [2.45, 2.75) is 32.1 Å². The van der Waals surface area contributed by atoms with Crippen LogP contribution < -0.4 is 4.90 Å². The number of fused-ring (bicyclic) bond motifs is 3. The fourth-order valence-electron chi connectivity index (χ4n) is 7.16. The van der Waals surface area contributed by atoms with Crippen molar-refractivity contribution >= 4 is 28.0 Å². The molecule has 1 atom stereocenters. The van der Waals surface area contributed by atoms with Gasteiger partial charge in [0.25, 0.3) is 0 Å². The lowest BCUT2D eigenvalue weighted by Crippen LogP contribution is -2.30. The molecule has 1 aliphatic heterocycles. The van der Waals surface area contributed by atoms with Gasteiger partial charge in [0.15, 0.2) is 0 Å². The first-order valence-electron chi connectivity index (χ1n) is 15.8. The summed E-state index contributed by atoms with van der Waals surface area (Å²) in [5, 5.41) is 1.18. The molecule has 6 aromatic rings. The highest BCUT2D eigenvalue weighted by atomic mass is 15.2. The van der Waals surface area contributed by atoms with Crippen molar-refractivity contribution in [1.82, 2.24) is 9.97 Å². The van der Waals surface area contributed by atoms with Gasteiger partial charge in [-0.2, -0.15) is 0 Å². The maximum absolute atomic E-state index is 5.26. The summed E-state index contributed by atoms with van der Waals surface area (Å²) in [7, 11) is 0. The molecule has 2 aliphatic rings. The standard InChI is InChI=1S/C42H35N3/c1-42(2)36-15-6-8-17-40(36)45(41-18-9-7-16-37(41)42)33-14-10-13-32(27-33)39-28-34(31-21-23-43-24-22-31)35-26-30(19-20-38(35)44-39)25-29-11-4-3-5-12-29/h3-11,13-24,26-29H,12,25H2,1-2H3. The molecular weight excluding hydrogens is 546 g/mol. The van der Waals surface area contributed by atoms with E-state index in [1.165, 1.54) is 39.0 Å². The minimum absolute atomic E-state index is 0.0938. The monoisotopic (exact) mass is 581 g/mol. The molecule has 0 amide bonds. The minimum Gasteiger partial charge on any atom is -0.310 e. The summed E-state index contributed by atoms with van der Waals surface area (Å²) < 4.78 is 0. The number of hydrogen-bond acceptors (Lipinski definition) is 3.